The van der Waals surface area contributed by atoms with Gasteiger partial charge in [0, 0.05) is 29.8 Å². The fourth-order valence-electron chi connectivity index (χ4n) is 4.22. The molecule has 1 aromatic carbocycles. The summed E-state index contributed by atoms with van der Waals surface area (Å²) >= 11 is 0. The van der Waals surface area contributed by atoms with E-state index in [4.69, 9.17) is 5.73 Å². The van der Waals surface area contributed by atoms with Gasteiger partial charge in [-0.1, -0.05) is 25.7 Å². The lowest BCUT2D eigenvalue weighted by Crippen LogP contribution is -2.36. The Labute approximate surface area is 168 Å². The van der Waals surface area contributed by atoms with Gasteiger partial charge in [-0.15, -0.1) is 12.4 Å². The molecule has 0 bridgehead atoms. The number of carbonyl (C=O) groups excluding carboxylic acids is 2. The van der Waals surface area contributed by atoms with Crippen LogP contribution in [0.15, 0.2) is 18.2 Å². The van der Waals surface area contributed by atoms with Crippen molar-refractivity contribution in [2.75, 3.05) is 5.32 Å². The Bertz CT molecular complexity index is 659. The summed E-state index contributed by atoms with van der Waals surface area (Å²) in [5.74, 6) is 0.278. The van der Waals surface area contributed by atoms with E-state index < -0.39 is 0 Å². The van der Waals surface area contributed by atoms with Crippen molar-refractivity contribution < 1.29 is 9.59 Å². The lowest BCUT2D eigenvalue weighted by Gasteiger charge is -2.23. The SMILES string of the molecule is Cc1cc(C(=O)NC2CCCCC2)ccc1NC(=O)C[C@@H]1CCC[C@H]1N.Cl. The monoisotopic (exact) mass is 393 g/mol. The summed E-state index contributed by atoms with van der Waals surface area (Å²) in [6.07, 6.45) is 9.44. The smallest absolute Gasteiger partial charge is 0.251 e. The number of nitrogens with one attached hydrogen (secondary N) is 2. The first-order valence-electron chi connectivity index (χ1n) is 10.00. The standard InChI is InChI=1S/C21H31N3O2.ClH/c1-14-12-16(21(26)23-17-7-3-2-4-8-17)10-11-19(14)24-20(25)13-15-6-5-9-18(15)22;/h10-12,15,17-18H,2-9,13,22H2,1H3,(H,23,26)(H,24,25);1H/t15-,18+;/m0./s1. The third-order valence-corrected chi connectivity index (χ3v) is 5.87. The molecule has 2 saturated carbocycles. The Kier molecular flexibility index (Phi) is 8.11. The van der Waals surface area contributed by atoms with Crippen molar-refractivity contribution in [1.29, 1.82) is 0 Å². The molecule has 27 heavy (non-hydrogen) atoms. The van der Waals surface area contributed by atoms with E-state index in [1.54, 1.807) is 6.07 Å². The van der Waals surface area contributed by atoms with E-state index >= 15 is 0 Å². The van der Waals surface area contributed by atoms with Crippen LogP contribution in [0.4, 0.5) is 5.69 Å². The van der Waals surface area contributed by atoms with E-state index in [1.165, 1.54) is 19.3 Å². The predicted octanol–water partition coefficient (Wildman–Crippen LogP) is 3.94. The zero-order valence-corrected chi connectivity index (χ0v) is 16.9. The highest BCUT2D eigenvalue weighted by atomic mass is 35.5. The minimum Gasteiger partial charge on any atom is -0.349 e. The molecule has 2 fully saturated rings. The van der Waals surface area contributed by atoms with Gasteiger partial charge < -0.3 is 16.4 Å². The van der Waals surface area contributed by atoms with Crippen LogP contribution in [-0.4, -0.2) is 23.9 Å². The van der Waals surface area contributed by atoms with E-state index in [-0.39, 0.29) is 36.2 Å². The van der Waals surface area contributed by atoms with Gasteiger partial charge in [0.15, 0.2) is 0 Å². The van der Waals surface area contributed by atoms with Gasteiger partial charge in [-0.25, -0.2) is 0 Å². The number of anilines is 1. The highest BCUT2D eigenvalue weighted by Gasteiger charge is 2.26. The zero-order chi connectivity index (χ0) is 18.5. The normalized spacial score (nSPS) is 22.7. The van der Waals surface area contributed by atoms with Gasteiger partial charge in [0.2, 0.25) is 5.91 Å². The molecule has 0 unspecified atom stereocenters. The molecule has 2 amide bonds. The molecule has 2 atom stereocenters. The molecule has 150 valence electrons. The minimum atomic E-state index is -0.0187. The van der Waals surface area contributed by atoms with E-state index in [1.807, 2.05) is 19.1 Å². The Hall–Kier alpha value is -1.59. The van der Waals surface area contributed by atoms with Crippen LogP contribution in [0.2, 0.25) is 0 Å². The van der Waals surface area contributed by atoms with Crippen LogP contribution in [0.3, 0.4) is 0 Å². The van der Waals surface area contributed by atoms with Crippen molar-refractivity contribution in [1.82, 2.24) is 5.32 Å². The third kappa shape index (κ3) is 5.94. The van der Waals surface area contributed by atoms with Gasteiger partial charge >= 0.3 is 0 Å². The highest BCUT2D eigenvalue weighted by molar-refractivity contribution is 5.96. The number of carbonyl (C=O) groups is 2. The molecule has 0 aromatic heterocycles. The number of hydrogen-bond donors (Lipinski definition) is 3. The molecule has 0 radical (unpaired) electrons. The number of halogens is 1. The zero-order valence-electron chi connectivity index (χ0n) is 16.1. The van der Waals surface area contributed by atoms with E-state index in [2.05, 4.69) is 10.6 Å². The lowest BCUT2D eigenvalue weighted by molar-refractivity contribution is -0.117. The van der Waals surface area contributed by atoms with E-state index in [9.17, 15) is 9.59 Å². The third-order valence-electron chi connectivity index (χ3n) is 5.87. The molecular weight excluding hydrogens is 362 g/mol. The Balaban J connectivity index is 0.00000261. The maximum atomic E-state index is 12.5. The van der Waals surface area contributed by atoms with Gasteiger partial charge in [-0.2, -0.15) is 0 Å². The molecular formula is C21H32ClN3O2. The van der Waals surface area contributed by atoms with E-state index in [0.717, 1.165) is 43.4 Å². The summed E-state index contributed by atoms with van der Waals surface area (Å²) in [5, 5.41) is 6.11. The van der Waals surface area contributed by atoms with Gasteiger partial charge in [0.1, 0.15) is 0 Å². The molecule has 4 N–H and O–H groups in total. The number of aryl methyl sites for hydroxylation is 1. The van der Waals surface area contributed by atoms with Crippen LogP contribution >= 0.6 is 12.4 Å². The van der Waals surface area contributed by atoms with Crippen LogP contribution in [0, 0.1) is 12.8 Å². The number of nitrogens with two attached hydrogens (primary N) is 1. The maximum absolute atomic E-state index is 12.5. The Morgan fingerprint density at radius 2 is 1.81 bits per heavy atom. The van der Waals surface area contributed by atoms with Crippen molar-refractivity contribution >= 4 is 29.9 Å². The molecule has 3 rings (SSSR count). The molecule has 5 nitrogen and oxygen atoms in total. The van der Waals surface area contributed by atoms with Crippen molar-refractivity contribution in [3.05, 3.63) is 29.3 Å². The van der Waals surface area contributed by atoms with Crippen LogP contribution in [0.1, 0.15) is 73.7 Å². The lowest BCUT2D eigenvalue weighted by atomic mass is 9.95. The number of rotatable bonds is 5. The quantitative estimate of drug-likeness (QED) is 0.708. The van der Waals surface area contributed by atoms with Crippen LogP contribution < -0.4 is 16.4 Å². The molecule has 0 heterocycles. The average molecular weight is 394 g/mol. The van der Waals surface area contributed by atoms with Crippen LogP contribution in [-0.2, 0) is 4.79 Å². The Morgan fingerprint density at radius 3 is 2.44 bits per heavy atom. The molecule has 0 saturated heterocycles. The number of benzene rings is 1. The highest BCUT2D eigenvalue weighted by Crippen LogP contribution is 2.27. The number of amides is 2. The summed E-state index contributed by atoms with van der Waals surface area (Å²) in [4.78, 5) is 24.8. The summed E-state index contributed by atoms with van der Waals surface area (Å²) in [7, 11) is 0. The topological polar surface area (TPSA) is 84.2 Å². The van der Waals surface area contributed by atoms with Gasteiger partial charge in [0.25, 0.3) is 5.91 Å². The first-order chi connectivity index (χ1) is 12.5. The minimum absolute atomic E-state index is 0. The van der Waals surface area contributed by atoms with Crippen LogP contribution in [0.25, 0.3) is 0 Å². The van der Waals surface area contributed by atoms with Crippen molar-refractivity contribution in [2.45, 2.75) is 76.8 Å². The summed E-state index contributed by atoms with van der Waals surface area (Å²) in [6.45, 7) is 1.92. The van der Waals surface area contributed by atoms with Gasteiger partial charge in [-0.3, -0.25) is 9.59 Å². The van der Waals surface area contributed by atoms with Crippen LogP contribution in [0.5, 0.6) is 0 Å². The second kappa shape index (κ2) is 10.1. The predicted molar refractivity (Wildman–Crippen MR) is 111 cm³/mol. The molecule has 6 heteroatoms. The maximum Gasteiger partial charge on any atom is 0.251 e. The average Bonchev–Trinajstić information content (AvgIpc) is 3.02. The second-order valence-corrected chi connectivity index (χ2v) is 7.95. The van der Waals surface area contributed by atoms with Gasteiger partial charge in [-0.05, 0) is 62.3 Å². The Morgan fingerprint density at radius 1 is 1.07 bits per heavy atom. The number of hydrogen-bond acceptors (Lipinski definition) is 3. The van der Waals surface area contributed by atoms with Crippen molar-refractivity contribution in [2.24, 2.45) is 11.7 Å². The largest absolute Gasteiger partial charge is 0.349 e. The fraction of sp³-hybridized carbons (Fsp3) is 0.619. The summed E-state index contributed by atoms with van der Waals surface area (Å²) in [5.41, 5.74) is 8.39. The molecule has 2 aliphatic carbocycles. The fourth-order valence-corrected chi connectivity index (χ4v) is 4.22. The van der Waals surface area contributed by atoms with Crippen molar-refractivity contribution in [3.8, 4) is 0 Å². The first-order valence-corrected chi connectivity index (χ1v) is 10.00. The first kappa shape index (κ1) is 21.7. The summed E-state index contributed by atoms with van der Waals surface area (Å²) < 4.78 is 0. The molecule has 0 aliphatic heterocycles. The molecule has 0 spiro atoms. The van der Waals surface area contributed by atoms with Gasteiger partial charge in [0.05, 0.1) is 0 Å². The van der Waals surface area contributed by atoms with E-state index in [0.29, 0.717) is 18.0 Å². The summed E-state index contributed by atoms with van der Waals surface area (Å²) in [6, 6.07) is 5.92. The molecule has 1 aromatic rings. The molecule has 2 aliphatic rings. The second-order valence-electron chi connectivity index (χ2n) is 7.95. The van der Waals surface area contributed by atoms with Crippen molar-refractivity contribution in [3.63, 3.8) is 0 Å².